The molecule has 0 aliphatic heterocycles. The lowest BCUT2D eigenvalue weighted by atomic mass is 10.0. The molecule has 7 nitrogen and oxygen atoms in total. The maximum Gasteiger partial charge on any atom is 0.240 e. The van der Waals surface area contributed by atoms with Crippen LogP contribution in [-0.2, 0) is 4.79 Å². The average molecular weight is 397 g/mol. The van der Waals surface area contributed by atoms with Crippen LogP contribution in [0, 0.1) is 0 Å². The van der Waals surface area contributed by atoms with Crippen LogP contribution in [-0.4, -0.2) is 50.5 Å². The molecule has 0 aliphatic rings. The van der Waals surface area contributed by atoms with Crippen molar-refractivity contribution in [1.82, 2.24) is 20.1 Å². The summed E-state index contributed by atoms with van der Waals surface area (Å²) in [6.45, 7) is 7.29. The van der Waals surface area contributed by atoms with E-state index < -0.39 is 0 Å². The van der Waals surface area contributed by atoms with Crippen molar-refractivity contribution in [2.75, 3.05) is 24.3 Å². The summed E-state index contributed by atoms with van der Waals surface area (Å²) in [5, 5.41) is 14.2. The smallest absolute Gasteiger partial charge is 0.240 e. The summed E-state index contributed by atoms with van der Waals surface area (Å²) in [6.07, 6.45) is 0. The van der Waals surface area contributed by atoms with Gasteiger partial charge in [-0.1, -0.05) is 48.2 Å². The lowest BCUT2D eigenvalue weighted by Gasteiger charge is -2.17. The number of anilines is 1. The van der Waals surface area contributed by atoms with Gasteiger partial charge in [-0.25, -0.2) is 10.5 Å². The maximum absolute atomic E-state index is 12.1. The highest BCUT2D eigenvalue weighted by atomic mass is 32.2. The van der Waals surface area contributed by atoms with E-state index in [0.29, 0.717) is 29.9 Å². The van der Waals surface area contributed by atoms with Crippen molar-refractivity contribution < 1.29 is 4.79 Å². The third kappa shape index (κ3) is 4.89. The van der Waals surface area contributed by atoms with E-state index in [-0.39, 0.29) is 5.91 Å². The van der Waals surface area contributed by atoms with Crippen molar-refractivity contribution >= 4 is 40.1 Å². The number of aromatic amines is 1. The first kappa shape index (κ1) is 19.9. The molecule has 0 radical (unpaired) electrons. The van der Waals surface area contributed by atoms with Crippen molar-refractivity contribution in [3.05, 3.63) is 48.0 Å². The molecular weight excluding hydrogens is 372 g/mol. The van der Waals surface area contributed by atoms with Crippen LogP contribution >= 0.6 is 11.8 Å². The topological polar surface area (TPSA) is 86.3 Å². The molecule has 0 bridgehead atoms. The first-order chi connectivity index (χ1) is 13.6. The summed E-state index contributed by atoms with van der Waals surface area (Å²) in [6, 6.07) is 14.5. The largest absolute Gasteiger partial charge is 0.343 e. The van der Waals surface area contributed by atoms with Gasteiger partial charge < -0.3 is 4.90 Å². The Morgan fingerprint density at radius 1 is 1.18 bits per heavy atom. The van der Waals surface area contributed by atoms with Gasteiger partial charge in [-0.05, 0) is 43.2 Å². The van der Waals surface area contributed by atoms with Gasteiger partial charge in [0.2, 0.25) is 17.0 Å². The first-order valence-corrected chi connectivity index (χ1v) is 10.2. The minimum atomic E-state index is 0.0829. The van der Waals surface area contributed by atoms with Gasteiger partial charge in [0.15, 0.2) is 0 Å². The number of aromatic nitrogens is 3. The number of carbonyl (C=O) groups excluding carboxylic acids is 1. The molecule has 0 saturated heterocycles. The number of thioether (sulfide) groups is 1. The quantitative estimate of drug-likeness (QED) is 0.344. The van der Waals surface area contributed by atoms with Crippen LogP contribution in [0.2, 0.25) is 0 Å². The molecule has 2 N–H and O–H groups in total. The highest BCUT2D eigenvalue weighted by Crippen LogP contribution is 2.17. The molecule has 0 fully saturated rings. The predicted octanol–water partition coefficient (Wildman–Crippen LogP) is 3.75. The minimum absolute atomic E-state index is 0.0829. The molecule has 0 spiro atoms. The number of hydrogen-bond acceptors (Lipinski definition) is 6. The van der Waals surface area contributed by atoms with E-state index in [0.717, 1.165) is 11.3 Å². The van der Waals surface area contributed by atoms with Crippen LogP contribution in [0.4, 0.5) is 5.95 Å². The Kier molecular flexibility index (Phi) is 6.65. The van der Waals surface area contributed by atoms with Crippen molar-refractivity contribution in [3.8, 4) is 0 Å². The van der Waals surface area contributed by atoms with Crippen molar-refractivity contribution in [1.29, 1.82) is 0 Å². The highest BCUT2D eigenvalue weighted by Gasteiger charge is 2.12. The summed E-state index contributed by atoms with van der Waals surface area (Å²) in [7, 11) is 0. The van der Waals surface area contributed by atoms with E-state index in [1.54, 1.807) is 4.90 Å². The molecule has 0 atom stereocenters. The van der Waals surface area contributed by atoms with E-state index >= 15 is 0 Å². The number of benzene rings is 2. The summed E-state index contributed by atoms with van der Waals surface area (Å²) < 4.78 is 0. The Labute approximate surface area is 168 Å². The molecule has 28 heavy (non-hydrogen) atoms. The fourth-order valence-electron chi connectivity index (χ4n) is 2.77. The summed E-state index contributed by atoms with van der Waals surface area (Å²) in [4.78, 5) is 18.2. The van der Waals surface area contributed by atoms with Crippen molar-refractivity contribution in [3.63, 3.8) is 0 Å². The molecule has 1 heterocycles. The van der Waals surface area contributed by atoms with Gasteiger partial charge in [-0.3, -0.25) is 4.79 Å². The maximum atomic E-state index is 12.1. The fraction of sp³-hybridized carbons (Fsp3) is 0.300. The van der Waals surface area contributed by atoms with Crippen LogP contribution < -0.4 is 5.43 Å². The third-order valence-corrected chi connectivity index (χ3v) is 5.23. The Morgan fingerprint density at radius 3 is 2.68 bits per heavy atom. The number of hydrogen-bond donors (Lipinski definition) is 2. The summed E-state index contributed by atoms with van der Waals surface area (Å²) in [5.74, 6) is 0.843. The molecule has 2 aromatic carbocycles. The zero-order valence-corrected chi connectivity index (χ0v) is 17.1. The first-order valence-electron chi connectivity index (χ1n) is 9.23. The lowest BCUT2D eigenvalue weighted by molar-refractivity contribution is -0.127. The molecule has 1 aromatic heterocycles. The molecule has 0 saturated carbocycles. The number of H-pyrrole nitrogens is 1. The number of nitrogens with one attached hydrogen (secondary N) is 2. The van der Waals surface area contributed by atoms with Crippen LogP contribution in [0.15, 0.2) is 52.7 Å². The van der Waals surface area contributed by atoms with Gasteiger partial charge in [0.1, 0.15) is 0 Å². The molecule has 0 unspecified atom stereocenters. The second-order valence-corrected chi connectivity index (χ2v) is 7.13. The molecule has 0 aliphatic carbocycles. The Hall–Kier alpha value is -2.87. The normalized spacial score (nSPS) is 11.6. The lowest BCUT2D eigenvalue weighted by Crippen LogP contribution is -2.31. The van der Waals surface area contributed by atoms with Gasteiger partial charge in [0.05, 0.1) is 11.5 Å². The van der Waals surface area contributed by atoms with E-state index in [4.69, 9.17) is 0 Å². The van der Waals surface area contributed by atoms with Gasteiger partial charge in [0, 0.05) is 13.1 Å². The number of hydrazone groups is 1. The van der Waals surface area contributed by atoms with Crippen molar-refractivity contribution in [2.24, 2.45) is 5.10 Å². The molecule has 1 amide bonds. The third-order valence-electron chi connectivity index (χ3n) is 4.40. The predicted molar refractivity (Wildman–Crippen MR) is 115 cm³/mol. The SMILES string of the molecule is CCN(CC)C(=O)CSc1n[nH]c(N/N=C(\C)c2ccc3ccccc3c2)n1. The number of rotatable bonds is 8. The van der Waals surface area contributed by atoms with Crippen molar-refractivity contribution in [2.45, 2.75) is 25.9 Å². The van der Waals surface area contributed by atoms with E-state index in [9.17, 15) is 4.79 Å². The van der Waals surface area contributed by atoms with Crippen LogP contribution in [0.1, 0.15) is 26.3 Å². The van der Waals surface area contributed by atoms with E-state index in [1.165, 1.54) is 22.5 Å². The molecule has 3 aromatic rings. The summed E-state index contributed by atoms with van der Waals surface area (Å²) in [5.41, 5.74) is 4.77. The van der Waals surface area contributed by atoms with Crippen LogP contribution in [0.3, 0.4) is 0 Å². The van der Waals surface area contributed by atoms with Gasteiger partial charge in [0.25, 0.3) is 0 Å². The van der Waals surface area contributed by atoms with E-state index in [1.807, 2.05) is 39.0 Å². The zero-order valence-electron chi connectivity index (χ0n) is 16.3. The number of fused-ring (bicyclic) bond motifs is 1. The van der Waals surface area contributed by atoms with Gasteiger partial charge >= 0.3 is 0 Å². The van der Waals surface area contributed by atoms with Gasteiger partial charge in [-0.2, -0.15) is 10.1 Å². The number of amides is 1. The minimum Gasteiger partial charge on any atom is -0.343 e. The van der Waals surface area contributed by atoms with E-state index in [2.05, 4.69) is 50.0 Å². The Balaban J connectivity index is 1.60. The molecule has 3 rings (SSSR count). The Morgan fingerprint density at radius 2 is 1.93 bits per heavy atom. The fourth-order valence-corrected chi connectivity index (χ4v) is 3.47. The second kappa shape index (κ2) is 9.36. The molecule has 146 valence electrons. The average Bonchev–Trinajstić information content (AvgIpc) is 3.19. The molecule has 8 heteroatoms. The van der Waals surface area contributed by atoms with Gasteiger partial charge in [-0.15, -0.1) is 5.10 Å². The Bertz CT molecular complexity index is 979. The molecular formula is C20H24N6OS. The standard InChI is InChI=1S/C20H24N6OS/c1-4-26(5-2)18(27)13-28-20-21-19(24-25-20)23-22-14(3)16-11-10-15-8-6-7-9-17(15)12-16/h6-12H,4-5,13H2,1-3H3,(H2,21,23,24,25)/b22-14+. The zero-order chi connectivity index (χ0) is 19.9. The number of carbonyl (C=O) groups is 1. The monoisotopic (exact) mass is 396 g/mol. The highest BCUT2D eigenvalue weighted by molar-refractivity contribution is 7.99. The summed E-state index contributed by atoms with van der Waals surface area (Å²) >= 11 is 1.31. The number of nitrogens with zero attached hydrogens (tertiary/aromatic N) is 4. The van der Waals surface area contributed by atoms with Crippen LogP contribution in [0.5, 0.6) is 0 Å². The van der Waals surface area contributed by atoms with Crippen LogP contribution in [0.25, 0.3) is 10.8 Å². The second-order valence-electron chi connectivity index (χ2n) is 6.19.